The lowest BCUT2D eigenvalue weighted by atomic mass is 10.0. The first-order valence-electron chi connectivity index (χ1n) is 7.63. The van der Waals surface area contributed by atoms with Crippen molar-refractivity contribution in [3.63, 3.8) is 0 Å². The molecule has 0 bridgehead atoms. The highest BCUT2D eigenvalue weighted by Gasteiger charge is 2.33. The van der Waals surface area contributed by atoms with Gasteiger partial charge in [-0.1, -0.05) is 12.2 Å². The summed E-state index contributed by atoms with van der Waals surface area (Å²) in [7, 11) is 0. The van der Waals surface area contributed by atoms with Crippen molar-refractivity contribution in [2.75, 3.05) is 0 Å². The van der Waals surface area contributed by atoms with Crippen molar-refractivity contribution in [3.8, 4) is 11.5 Å². The fraction of sp³-hybridized carbons (Fsp3) is 0.0526. The molecule has 0 aliphatic carbocycles. The third-order valence-corrected chi connectivity index (χ3v) is 3.95. The number of carbonyl (C=O) groups excluding carboxylic acids is 4. The second-order valence-corrected chi connectivity index (χ2v) is 5.60. The van der Waals surface area contributed by atoms with E-state index in [0.717, 1.165) is 0 Å². The molecule has 7 nitrogen and oxygen atoms in total. The van der Waals surface area contributed by atoms with Gasteiger partial charge in [-0.05, 0) is 42.8 Å². The van der Waals surface area contributed by atoms with Crippen molar-refractivity contribution < 1.29 is 33.4 Å². The van der Waals surface area contributed by atoms with Crippen molar-refractivity contribution in [2.24, 2.45) is 0 Å². The van der Waals surface area contributed by atoms with Gasteiger partial charge in [0, 0.05) is 0 Å². The van der Waals surface area contributed by atoms with Crippen LogP contribution in [0, 0.1) is 0 Å². The van der Waals surface area contributed by atoms with Crippen LogP contribution in [0.4, 0.5) is 0 Å². The number of allylic oxidation sites excluding steroid dienone is 1. The standard InChI is InChI=1S/C19H10O7/c1-2-3-9-6-11(8-14-15(9)19(23)26-18(14)22)24-10-4-5-12-13(7-10)17(21)25-16(12)20/h2-8H,1H3/b3-2+. The molecule has 0 atom stereocenters. The van der Waals surface area contributed by atoms with Gasteiger partial charge in [-0.15, -0.1) is 0 Å². The van der Waals surface area contributed by atoms with E-state index >= 15 is 0 Å². The van der Waals surface area contributed by atoms with E-state index in [2.05, 4.69) is 9.47 Å². The number of cyclic esters (lactones) is 4. The molecule has 2 aliphatic heterocycles. The Morgan fingerprint density at radius 1 is 0.769 bits per heavy atom. The highest BCUT2D eigenvalue weighted by atomic mass is 16.6. The van der Waals surface area contributed by atoms with Crippen molar-refractivity contribution in [3.05, 3.63) is 64.2 Å². The van der Waals surface area contributed by atoms with Crippen molar-refractivity contribution in [1.29, 1.82) is 0 Å². The minimum Gasteiger partial charge on any atom is -0.457 e. The van der Waals surface area contributed by atoms with E-state index < -0.39 is 23.9 Å². The van der Waals surface area contributed by atoms with Crippen LogP contribution in [-0.2, 0) is 9.47 Å². The van der Waals surface area contributed by atoms with Crippen molar-refractivity contribution in [2.45, 2.75) is 6.92 Å². The Morgan fingerprint density at radius 2 is 1.42 bits per heavy atom. The molecule has 0 radical (unpaired) electrons. The molecule has 26 heavy (non-hydrogen) atoms. The van der Waals surface area contributed by atoms with Gasteiger partial charge >= 0.3 is 23.9 Å². The van der Waals surface area contributed by atoms with E-state index in [1.165, 1.54) is 24.3 Å². The number of hydrogen-bond acceptors (Lipinski definition) is 7. The smallest absolute Gasteiger partial charge is 0.347 e. The molecule has 0 spiro atoms. The lowest BCUT2D eigenvalue weighted by Crippen LogP contribution is -1.98. The fourth-order valence-corrected chi connectivity index (χ4v) is 2.85. The molecule has 2 aromatic carbocycles. The molecule has 2 heterocycles. The van der Waals surface area contributed by atoms with Gasteiger partial charge in [-0.2, -0.15) is 0 Å². The molecule has 0 saturated heterocycles. The topological polar surface area (TPSA) is 96.0 Å². The molecular weight excluding hydrogens is 340 g/mol. The number of fused-ring (bicyclic) bond motifs is 2. The zero-order valence-corrected chi connectivity index (χ0v) is 13.4. The fourth-order valence-electron chi connectivity index (χ4n) is 2.85. The van der Waals surface area contributed by atoms with Gasteiger partial charge < -0.3 is 14.2 Å². The minimum atomic E-state index is -0.746. The van der Waals surface area contributed by atoms with Crippen molar-refractivity contribution >= 4 is 30.0 Å². The third-order valence-electron chi connectivity index (χ3n) is 3.95. The third kappa shape index (κ3) is 2.37. The van der Waals surface area contributed by atoms with Gasteiger partial charge in [0.15, 0.2) is 0 Å². The van der Waals surface area contributed by atoms with Crippen LogP contribution in [0.5, 0.6) is 11.5 Å². The van der Waals surface area contributed by atoms with Crippen LogP contribution in [0.2, 0.25) is 0 Å². The summed E-state index contributed by atoms with van der Waals surface area (Å²) in [6.45, 7) is 1.77. The second-order valence-electron chi connectivity index (χ2n) is 5.60. The summed E-state index contributed by atoms with van der Waals surface area (Å²) in [6.07, 6.45) is 3.37. The molecule has 0 amide bonds. The molecule has 2 aliphatic rings. The molecule has 4 rings (SSSR count). The van der Waals surface area contributed by atoms with Crippen LogP contribution < -0.4 is 4.74 Å². The molecule has 0 fully saturated rings. The molecular formula is C19H10O7. The summed E-state index contributed by atoms with van der Waals surface area (Å²) in [6, 6.07) is 7.29. The van der Waals surface area contributed by atoms with E-state index in [0.29, 0.717) is 5.56 Å². The maximum Gasteiger partial charge on any atom is 0.347 e. The van der Waals surface area contributed by atoms with Gasteiger partial charge in [-0.3, -0.25) is 0 Å². The van der Waals surface area contributed by atoms with Crippen LogP contribution in [0.3, 0.4) is 0 Å². The largest absolute Gasteiger partial charge is 0.457 e. The van der Waals surface area contributed by atoms with E-state index in [1.54, 1.807) is 25.1 Å². The van der Waals surface area contributed by atoms with Crippen LogP contribution in [-0.4, -0.2) is 23.9 Å². The van der Waals surface area contributed by atoms with Crippen LogP contribution >= 0.6 is 0 Å². The average molecular weight is 350 g/mol. The predicted octanol–water partition coefficient (Wildman–Crippen LogP) is 3.13. The highest BCUT2D eigenvalue weighted by Crippen LogP contribution is 2.33. The van der Waals surface area contributed by atoms with Gasteiger partial charge in [0.05, 0.1) is 22.3 Å². The number of benzene rings is 2. The summed E-state index contributed by atoms with van der Waals surface area (Å²) < 4.78 is 14.9. The van der Waals surface area contributed by atoms with Gasteiger partial charge in [0.2, 0.25) is 0 Å². The SMILES string of the molecule is C/C=C/c1cc(Oc2ccc3c(c2)C(=O)OC3=O)cc2c1C(=O)OC2=O. The lowest BCUT2D eigenvalue weighted by Gasteiger charge is -2.09. The van der Waals surface area contributed by atoms with E-state index in [9.17, 15) is 19.2 Å². The number of ether oxygens (including phenoxy) is 3. The maximum absolute atomic E-state index is 11.8. The average Bonchev–Trinajstić information content (AvgIpc) is 3.04. The Hall–Kier alpha value is -3.74. The lowest BCUT2D eigenvalue weighted by molar-refractivity contribution is 0.0425. The molecule has 0 saturated carbocycles. The Kier molecular flexibility index (Phi) is 3.43. The summed E-state index contributed by atoms with van der Waals surface area (Å²) in [5.41, 5.74) is 1.04. The zero-order valence-electron chi connectivity index (χ0n) is 13.4. The number of carbonyl (C=O) groups is 4. The molecule has 128 valence electrons. The van der Waals surface area contributed by atoms with Gasteiger partial charge in [-0.25, -0.2) is 19.2 Å². The molecule has 2 aromatic rings. The first kappa shape index (κ1) is 15.8. The zero-order chi connectivity index (χ0) is 18.4. The van der Waals surface area contributed by atoms with Crippen molar-refractivity contribution in [1.82, 2.24) is 0 Å². The number of hydrogen-bond donors (Lipinski definition) is 0. The van der Waals surface area contributed by atoms with E-state index in [4.69, 9.17) is 4.74 Å². The van der Waals surface area contributed by atoms with E-state index in [-0.39, 0.29) is 33.8 Å². The molecule has 7 heteroatoms. The van der Waals surface area contributed by atoms with E-state index in [1.807, 2.05) is 0 Å². The molecule has 0 unspecified atom stereocenters. The summed E-state index contributed by atoms with van der Waals surface area (Å²) in [5, 5.41) is 0. The summed E-state index contributed by atoms with van der Waals surface area (Å²) in [5.74, 6) is -2.34. The number of rotatable bonds is 3. The predicted molar refractivity (Wildman–Crippen MR) is 87.2 cm³/mol. The molecule has 0 N–H and O–H groups in total. The highest BCUT2D eigenvalue weighted by molar-refractivity contribution is 6.17. The summed E-state index contributed by atoms with van der Waals surface area (Å²) in [4.78, 5) is 46.8. The maximum atomic E-state index is 11.8. The number of esters is 4. The quantitative estimate of drug-likeness (QED) is 0.620. The Bertz CT molecular complexity index is 1050. The van der Waals surface area contributed by atoms with Crippen LogP contribution in [0.15, 0.2) is 36.4 Å². The first-order chi connectivity index (χ1) is 12.5. The first-order valence-corrected chi connectivity index (χ1v) is 7.63. The monoisotopic (exact) mass is 350 g/mol. The van der Waals surface area contributed by atoms with Crippen LogP contribution in [0.25, 0.3) is 6.08 Å². The molecule has 0 aromatic heterocycles. The summed E-state index contributed by atoms with van der Waals surface area (Å²) >= 11 is 0. The Labute approximate surface area is 146 Å². The van der Waals surface area contributed by atoms with Gasteiger partial charge in [0.1, 0.15) is 11.5 Å². The van der Waals surface area contributed by atoms with Gasteiger partial charge in [0.25, 0.3) is 0 Å². The Balaban J connectivity index is 1.75. The Morgan fingerprint density at radius 3 is 2.19 bits per heavy atom. The normalized spacial score (nSPS) is 15.1. The van der Waals surface area contributed by atoms with Crippen LogP contribution in [0.1, 0.15) is 53.9 Å². The second kappa shape index (κ2) is 5.66. The minimum absolute atomic E-state index is 0.108.